The van der Waals surface area contributed by atoms with Crippen molar-refractivity contribution in [2.75, 3.05) is 5.73 Å². The molecule has 1 heterocycles. The normalized spacial score (nSPS) is 12.9. The van der Waals surface area contributed by atoms with Gasteiger partial charge in [0.05, 0.1) is 21.6 Å². The zero-order valence-corrected chi connectivity index (χ0v) is 19.3. The van der Waals surface area contributed by atoms with Crippen LogP contribution in [0.15, 0.2) is 66.7 Å². The van der Waals surface area contributed by atoms with Crippen LogP contribution in [0.3, 0.4) is 0 Å². The molecule has 0 aliphatic heterocycles. The van der Waals surface area contributed by atoms with Crippen LogP contribution in [-0.4, -0.2) is 48.5 Å². The predicted octanol–water partition coefficient (Wildman–Crippen LogP) is 0.155. The zero-order valence-electron chi connectivity index (χ0n) is 16.9. The summed E-state index contributed by atoms with van der Waals surface area (Å²) in [5, 5.41) is -1.39. The minimum Gasteiger partial charge on any atom is -0.399 e. The molecule has 0 radical (unpaired) electrons. The molecule has 35 heavy (non-hydrogen) atoms. The first-order valence-corrected chi connectivity index (χ1v) is 13.4. The number of aromatic amines is 1. The number of hydrogen-bond donors (Lipinski definition) is 5. The van der Waals surface area contributed by atoms with Crippen LogP contribution in [0.1, 0.15) is 0 Å². The number of benzene rings is 3. The molecule has 1 aromatic heterocycles. The van der Waals surface area contributed by atoms with E-state index in [1.54, 1.807) is 0 Å². The summed E-state index contributed by atoms with van der Waals surface area (Å²) in [7, 11) is -15.6. The van der Waals surface area contributed by atoms with E-state index in [1.807, 2.05) is 0 Å². The molecular weight excluding hydrogens is 530 g/mol. The first kappa shape index (κ1) is 24.5. The second-order valence-corrected chi connectivity index (χ2v) is 11.5. The lowest BCUT2D eigenvalue weighted by molar-refractivity contribution is 0.478. The molecule has 0 atom stereocenters. The topological polar surface area (TPSA) is 244 Å². The lowest BCUT2D eigenvalue weighted by Crippen LogP contribution is -2.35. The highest BCUT2D eigenvalue weighted by molar-refractivity contribution is 7.87. The molecule has 0 bridgehead atoms. The van der Waals surface area contributed by atoms with Gasteiger partial charge in [-0.2, -0.15) is 25.3 Å². The van der Waals surface area contributed by atoms with Crippen molar-refractivity contribution in [3.63, 3.8) is 0 Å². The Hall–Kier alpha value is -3.61. The van der Waals surface area contributed by atoms with Crippen LogP contribution in [0.25, 0.3) is 27.5 Å². The molecule has 0 amide bonds. The van der Waals surface area contributed by atoms with Crippen molar-refractivity contribution in [2.24, 2.45) is 0 Å². The summed E-state index contributed by atoms with van der Waals surface area (Å²) < 4.78 is 101. The molecule has 14 nitrogen and oxygen atoms in total. The van der Waals surface area contributed by atoms with E-state index in [-0.39, 0.29) is 16.7 Å². The van der Waals surface area contributed by atoms with Crippen molar-refractivity contribution < 1.29 is 38.9 Å². The number of nitrogens with two attached hydrogens (primary N) is 1. The minimum atomic E-state index is -5.27. The van der Waals surface area contributed by atoms with Crippen LogP contribution >= 0.6 is 0 Å². The minimum absolute atomic E-state index is 0.0433. The van der Waals surface area contributed by atoms with E-state index in [1.165, 1.54) is 18.2 Å². The van der Waals surface area contributed by atoms with Gasteiger partial charge in [-0.25, -0.2) is 0 Å². The number of nitrogen functional groups attached to an aromatic ring is 1. The van der Waals surface area contributed by atoms with E-state index < -0.39 is 72.6 Å². The standard InChI is InChI=1S/C18H13N3O11S3/c19-8-1-2-13-14(3-8)21(18(23)17(22)20-13)9-4-11-12(15(5-9)34(27,28)29)6-10(33(24,25)26)7-16(11)35(30,31)32/h1-7H,19H2,(H,20,22)(H,24,25,26)(H,27,28,29)(H,30,31,32). The van der Waals surface area contributed by atoms with Crippen LogP contribution in [0.4, 0.5) is 5.69 Å². The molecule has 0 fully saturated rings. The Labute approximate surface area is 195 Å². The van der Waals surface area contributed by atoms with E-state index in [0.29, 0.717) is 22.8 Å². The second-order valence-electron chi connectivity index (χ2n) is 7.26. The number of H-pyrrole nitrogens is 1. The Balaban J connectivity index is 2.33. The monoisotopic (exact) mass is 543 g/mol. The molecule has 4 rings (SSSR count). The van der Waals surface area contributed by atoms with Crippen molar-refractivity contribution in [1.29, 1.82) is 0 Å². The van der Waals surface area contributed by atoms with E-state index in [0.717, 1.165) is 6.07 Å². The maximum absolute atomic E-state index is 12.7. The van der Waals surface area contributed by atoms with Gasteiger partial charge in [0.1, 0.15) is 9.79 Å². The third-order valence-corrected chi connectivity index (χ3v) is 7.59. The summed E-state index contributed by atoms with van der Waals surface area (Å²) >= 11 is 0. The number of aromatic nitrogens is 2. The Kier molecular flexibility index (Phi) is 5.39. The molecule has 0 saturated heterocycles. The van der Waals surface area contributed by atoms with Crippen LogP contribution < -0.4 is 16.9 Å². The van der Waals surface area contributed by atoms with Crippen LogP contribution in [0.5, 0.6) is 0 Å². The van der Waals surface area contributed by atoms with Crippen molar-refractivity contribution in [2.45, 2.75) is 14.7 Å². The third-order valence-electron chi connectivity index (χ3n) is 4.97. The average Bonchev–Trinajstić information content (AvgIpc) is 2.71. The van der Waals surface area contributed by atoms with Gasteiger partial charge in [0.25, 0.3) is 30.4 Å². The Morgan fingerprint density at radius 3 is 1.89 bits per heavy atom. The van der Waals surface area contributed by atoms with Gasteiger partial charge in [-0.1, -0.05) is 0 Å². The van der Waals surface area contributed by atoms with E-state index in [9.17, 15) is 48.5 Å². The lowest BCUT2D eigenvalue weighted by Gasteiger charge is -2.15. The largest absolute Gasteiger partial charge is 0.399 e. The van der Waals surface area contributed by atoms with E-state index in [4.69, 9.17) is 5.73 Å². The summed E-state index contributed by atoms with van der Waals surface area (Å²) in [4.78, 5) is 23.9. The first-order valence-electron chi connectivity index (χ1n) is 9.08. The number of nitrogens with one attached hydrogen (secondary N) is 1. The third kappa shape index (κ3) is 4.31. The van der Waals surface area contributed by atoms with Gasteiger partial charge >= 0.3 is 11.1 Å². The summed E-state index contributed by atoms with van der Waals surface area (Å²) in [5.41, 5.74) is 3.07. The number of rotatable bonds is 4. The molecular formula is C18H13N3O11S3. The van der Waals surface area contributed by atoms with Crippen molar-refractivity contribution in [3.05, 3.63) is 63.2 Å². The highest BCUT2D eigenvalue weighted by Crippen LogP contribution is 2.34. The Bertz CT molecular complexity index is 2030. The maximum Gasteiger partial charge on any atom is 0.321 e. The highest BCUT2D eigenvalue weighted by Gasteiger charge is 2.26. The van der Waals surface area contributed by atoms with Gasteiger partial charge in [-0.3, -0.25) is 27.8 Å². The molecule has 0 aliphatic rings. The number of fused-ring (bicyclic) bond motifs is 2. The lowest BCUT2D eigenvalue weighted by atomic mass is 10.1. The van der Waals surface area contributed by atoms with Gasteiger partial charge < -0.3 is 10.7 Å². The molecule has 0 unspecified atom stereocenters. The fourth-order valence-electron chi connectivity index (χ4n) is 3.54. The highest BCUT2D eigenvalue weighted by atomic mass is 32.2. The maximum atomic E-state index is 12.7. The predicted molar refractivity (Wildman–Crippen MR) is 122 cm³/mol. The molecule has 17 heteroatoms. The van der Waals surface area contributed by atoms with Gasteiger partial charge in [0, 0.05) is 16.5 Å². The first-order chi connectivity index (χ1) is 16.0. The molecule has 4 aromatic rings. The zero-order chi connectivity index (χ0) is 26.1. The number of hydrogen-bond acceptors (Lipinski definition) is 9. The van der Waals surface area contributed by atoms with Crippen LogP contribution in [-0.2, 0) is 30.4 Å². The molecule has 0 spiro atoms. The fraction of sp³-hybridized carbons (Fsp3) is 0. The average molecular weight is 544 g/mol. The molecule has 0 aliphatic carbocycles. The summed E-state index contributed by atoms with van der Waals surface area (Å²) in [5.74, 6) is 0. The fourth-order valence-corrected chi connectivity index (χ4v) is 5.59. The van der Waals surface area contributed by atoms with Crippen LogP contribution in [0.2, 0.25) is 0 Å². The van der Waals surface area contributed by atoms with Crippen molar-refractivity contribution in [3.8, 4) is 5.69 Å². The number of nitrogens with zero attached hydrogens (tertiary/aromatic N) is 1. The second kappa shape index (κ2) is 7.70. The molecule has 184 valence electrons. The Morgan fingerprint density at radius 1 is 0.743 bits per heavy atom. The summed E-state index contributed by atoms with van der Waals surface area (Å²) in [6.45, 7) is 0. The molecule has 3 aromatic carbocycles. The van der Waals surface area contributed by atoms with E-state index in [2.05, 4.69) is 4.98 Å². The van der Waals surface area contributed by atoms with Gasteiger partial charge in [-0.05, 0) is 42.5 Å². The molecule has 0 saturated carbocycles. The van der Waals surface area contributed by atoms with Crippen LogP contribution in [0, 0.1) is 0 Å². The summed E-state index contributed by atoms with van der Waals surface area (Å²) in [6.07, 6.45) is 0. The van der Waals surface area contributed by atoms with Crippen molar-refractivity contribution in [1.82, 2.24) is 9.55 Å². The number of anilines is 1. The van der Waals surface area contributed by atoms with E-state index >= 15 is 0 Å². The summed E-state index contributed by atoms with van der Waals surface area (Å²) in [6, 6.07) is 6.41. The molecule has 6 N–H and O–H groups in total. The van der Waals surface area contributed by atoms with Gasteiger partial charge in [0.15, 0.2) is 0 Å². The smallest absolute Gasteiger partial charge is 0.321 e. The van der Waals surface area contributed by atoms with Crippen molar-refractivity contribution >= 4 is 57.8 Å². The Morgan fingerprint density at radius 2 is 1.31 bits per heavy atom. The SMILES string of the molecule is Nc1ccc2[nH]c(=O)c(=O)n(-c3cc(S(=O)(=O)O)c4cc(S(=O)(=O)O)cc(S(=O)(=O)O)c4c3)c2c1. The van der Waals surface area contributed by atoms with Gasteiger partial charge in [0.2, 0.25) is 0 Å². The van der Waals surface area contributed by atoms with Gasteiger partial charge in [-0.15, -0.1) is 0 Å². The quantitative estimate of drug-likeness (QED) is 0.131.